The Kier molecular flexibility index (Phi) is 5.02. The van der Waals surface area contributed by atoms with Crippen molar-refractivity contribution in [3.05, 3.63) is 59.7 Å². The summed E-state index contributed by atoms with van der Waals surface area (Å²) in [5.41, 5.74) is 2.24. The molecule has 0 radical (unpaired) electrons. The first-order chi connectivity index (χ1) is 9.74. The predicted molar refractivity (Wildman–Crippen MR) is 81.6 cm³/mol. The van der Waals surface area contributed by atoms with Crippen LogP contribution in [-0.2, 0) is 5.88 Å². The zero-order valence-corrected chi connectivity index (χ0v) is 12.0. The summed E-state index contributed by atoms with van der Waals surface area (Å²) in [5, 5.41) is 2.85. The topological polar surface area (TPSA) is 38.3 Å². The molecule has 1 amide bonds. The van der Waals surface area contributed by atoms with Gasteiger partial charge in [-0.2, -0.15) is 0 Å². The minimum Gasteiger partial charge on any atom is -0.492 e. The van der Waals surface area contributed by atoms with Gasteiger partial charge in [0.2, 0.25) is 0 Å². The SMILES string of the molecule is CCOc1ccccc1NC(=O)c1ccc(CCl)cc1. The number of benzene rings is 2. The maximum absolute atomic E-state index is 12.2. The largest absolute Gasteiger partial charge is 0.492 e. The summed E-state index contributed by atoms with van der Waals surface area (Å²) in [7, 11) is 0. The lowest BCUT2D eigenvalue weighted by Crippen LogP contribution is -2.12. The Balaban J connectivity index is 2.14. The number of rotatable bonds is 5. The van der Waals surface area contributed by atoms with E-state index in [9.17, 15) is 4.79 Å². The molecule has 0 saturated heterocycles. The fraction of sp³-hybridized carbons (Fsp3) is 0.188. The first-order valence-corrected chi connectivity index (χ1v) is 6.96. The van der Waals surface area contributed by atoms with Crippen LogP contribution in [-0.4, -0.2) is 12.5 Å². The molecule has 0 saturated carbocycles. The minimum atomic E-state index is -0.168. The van der Waals surface area contributed by atoms with Crippen LogP contribution >= 0.6 is 11.6 Å². The number of halogens is 1. The maximum atomic E-state index is 12.2. The number of hydrogen-bond acceptors (Lipinski definition) is 2. The van der Waals surface area contributed by atoms with E-state index >= 15 is 0 Å². The van der Waals surface area contributed by atoms with Gasteiger partial charge in [0.15, 0.2) is 0 Å². The molecule has 0 aliphatic carbocycles. The molecule has 20 heavy (non-hydrogen) atoms. The second kappa shape index (κ2) is 6.96. The Bertz CT molecular complexity index is 581. The van der Waals surface area contributed by atoms with Gasteiger partial charge in [0.1, 0.15) is 5.75 Å². The maximum Gasteiger partial charge on any atom is 0.255 e. The summed E-state index contributed by atoms with van der Waals surface area (Å²) in [6, 6.07) is 14.6. The van der Waals surface area contributed by atoms with E-state index in [4.69, 9.17) is 16.3 Å². The number of nitrogens with one attached hydrogen (secondary N) is 1. The Morgan fingerprint density at radius 2 is 1.85 bits per heavy atom. The van der Waals surface area contributed by atoms with Gasteiger partial charge < -0.3 is 10.1 Å². The molecular weight excluding hydrogens is 274 g/mol. The van der Waals surface area contributed by atoms with Crippen molar-refractivity contribution < 1.29 is 9.53 Å². The molecule has 2 aromatic rings. The molecule has 1 N–H and O–H groups in total. The first kappa shape index (κ1) is 14.4. The van der Waals surface area contributed by atoms with E-state index in [1.807, 2.05) is 43.3 Å². The quantitative estimate of drug-likeness (QED) is 0.843. The normalized spacial score (nSPS) is 10.1. The predicted octanol–water partition coefficient (Wildman–Crippen LogP) is 4.08. The lowest BCUT2D eigenvalue weighted by atomic mass is 10.1. The van der Waals surface area contributed by atoms with Gasteiger partial charge in [-0.25, -0.2) is 0 Å². The molecule has 2 rings (SSSR count). The van der Waals surface area contributed by atoms with Crippen LogP contribution in [0.4, 0.5) is 5.69 Å². The van der Waals surface area contributed by atoms with Crippen molar-refractivity contribution in [2.75, 3.05) is 11.9 Å². The van der Waals surface area contributed by atoms with Gasteiger partial charge in [0.25, 0.3) is 5.91 Å². The highest BCUT2D eigenvalue weighted by Crippen LogP contribution is 2.24. The number of carbonyl (C=O) groups is 1. The van der Waals surface area contributed by atoms with E-state index < -0.39 is 0 Å². The second-order valence-corrected chi connectivity index (χ2v) is 4.48. The molecule has 4 heteroatoms. The van der Waals surface area contributed by atoms with Crippen molar-refractivity contribution in [1.29, 1.82) is 0 Å². The fourth-order valence-electron chi connectivity index (χ4n) is 1.79. The first-order valence-electron chi connectivity index (χ1n) is 6.42. The molecule has 0 unspecified atom stereocenters. The highest BCUT2D eigenvalue weighted by molar-refractivity contribution is 6.17. The molecule has 0 fully saturated rings. The number of carbonyl (C=O) groups excluding carboxylic acids is 1. The van der Waals surface area contributed by atoms with Crippen LogP contribution in [0.15, 0.2) is 48.5 Å². The molecule has 3 nitrogen and oxygen atoms in total. The van der Waals surface area contributed by atoms with Crippen LogP contribution in [0.1, 0.15) is 22.8 Å². The van der Waals surface area contributed by atoms with Crippen molar-refractivity contribution in [3.8, 4) is 5.75 Å². The third kappa shape index (κ3) is 3.52. The second-order valence-electron chi connectivity index (χ2n) is 4.21. The lowest BCUT2D eigenvalue weighted by Gasteiger charge is -2.11. The highest BCUT2D eigenvalue weighted by atomic mass is 35.5. The van der Waals surface area contributed by atoms with E-state index in [0.717, 1.165) is 5.56 Å². The summed E-state index contributed by atoms with van der Waals surface area (Å²) in [6.45, 7) is 2.46. The zero-order valence-electron chi connectivity index (χ0n) is 11.2. The zero-order chi connectivity index (χ0) is 14.4. The fourth-order valence-corrected chi connectivity index (χ4v) is 1.97. The summed E-state index contributed by atoms with van der Waals surface area (Å²) in [4.78, 5) is 12.2. The van der Waals surface area contributed by atoms with E-state index in [2.05, 4.69) is 5.32 Å². The number of amides is 1. The molecule has 0 spiro atoms. The van der Waals surface area contributed by atoms with E-state index in [1.54, 1.807) is 12.1 Å². The van der Waals surface area contributed by atoms with Gasteiger partial charge in [-0.15, -0.1) is 11.6 Å². The Hall–Kier alpha value is -2.00. The van der Waals surface area contributed by atoms with Gasteiger partial charge in [-0.05, 0) is 36.8 Å². The Labute approximate surface area is 123 Å². The van der Waals surface area contributed by atoms with Gasteiger partial charge in [-0.3, -0.25) is 4.79 Å². The third-order valence-corrected chi connectivity index (χ3v) is 3.11. The summed E-state index contributed by atoms with van der Waals surface area (Å²) in [6.07, 6.45) is 0. The minimum absolute atomic E-state index is 0.168. The van der Waals surface area contributed by atoms with Gasteiger partial charge in [-0.1, -0.05) is 24.3 Å². The molecule has 0 aliphatic rings. The summed E-state index contributed by atoms with van der Waals surface area (Å²) >= 11 is 5.73. The molecule has 0 aliphatic heterocycles. The molecule has 104 valence electrons. The molecule has 0 aromatic heterocycles. The number of alkyl halides is 1. The number of hydrogen-bond donors (Lipinski definition) is 1. The van der Waals surface area contributed by atoms with Crippen LogP contribution in [0.5, 0.6) is 5.75 Å². The van der Waals surface area contributed by atoms with Crippen molar-refractivity contribution in [3.63, 3.8) is 0 Å². The number of anilines is 1. The highest BCUT2D eigenvalue weighted by Gasteiger charge is 2.09. The van der Waals surface area contributed by atoms with E-state index in [1.165, 1.54) is 0 Å². The van der Waals surface area contributed by atoms with Crippen LogP contribution in [0.25, 0.3) is 0 Å². The van der Waals surface area contributed by atoms with Crippen LogP contribution in [0, 0.1) is 0 Å². The third-order valence-electron chi connectivity index (χ3n) is 2.81. The molecule has 0 heterocycles. The average Bonchev–Trinajstić information content (AvgIpc) is 2.49. The average molecular weight is 290 g/mol. The number of ether oxygens (including phenoxy) is 1. The molecular formula is C16H16ClNO2. The molecule has 2 aromatic carbocycles. The molecule has 0 bridgehead atoms. The monoisotopic (exact) mass is 289 g/mol. The molecule has 0 atom stereocenters. The number of para-hydroxylation sites is 2. The van der Waals surface area contributed by atoms with Crippen LogP contribution in [0.3, 0.4) is 0 Å². The van der Waals surface area contributed by atoms with Crippen molar-refractivity contribution in [1.82, 2.24) is 0 Å². The lowest BCUT2D eigenvalue weighted by molar-refractivity contribution is 0.102. The van der Waals surface area contributed by atoms with Crippen molar-refractivity contribution in [2.45, 2.75) is 12.8 Å². The standard InChI is InChI=1S/C16H16ClNO2/c1-2-20-15-6-4-3-5-14(15)18-16(19)13-9-7-12(11-17)8-10-13/h3-10H,2,11H2,1H3,(H,18,19). The van der Waals surface area contributed by atoms with Gasteiger partial charge in [0.05, 0.1) is 12.3 Å². The van der Waals surface area contributed by atoms with Crippen molar-refractivity contribution in [2.24, 2.45) is 0 Å². The summed E-state index contributed by atoms with van der Waals surface area (Å²) < 4.78 is 5.48. The van der Waals surface area contributed by atoms with E-state index in [-0.39, 0.29) is 5.91 Å². The van der Waals surface area contributed by atoms with Crippen LogP contribution in [0.2, 0.25) is 0 Å². The smallest absolute Gasteiger partial charge is 0.255 e. The van der Waals surface area contributed by atoms with E-state index in [0.29, 0.717) is 29.5 Å². The van der Waals surface area contributed by atoms with Crippen LogP contribution < -0.4 is 10.1 Å². The Morgan fingerprint density at radius 3 is 2.50 bits per heavy atom. The summed E-state index contributed by atoms with van der Waals surface area (Å²) in [5.74, 6) is 0.939. The Morgan fingerprint density at radius 1 is 1.15 bits per heavy atom. The van der Waals surface area contributed by atoms with Gasteiger partial charge in [0, 0.05) is 11.4 Å². The van der Waals surface area contributed by atoms with Gasteiger partial charge >= 0.3 is 0 Å². The van der Waals surface area contributed by atoms with Crippen molar-refractivity contribution >= 4 is 23.2 Å².